The van der Waals surface area contributed by atoms with Crippen molar-refractivity contribution in [2.45, 2.75) is 13.0 Å². The average molecular weight is 352 g/mol. The molecule has 6 heteroatoms. The Kier molecular flexibility index (Phi) is 5.52. The van der Waals surface area contributed by atoms with E-state index in [0.717, 1.165) is 35.2 Å². The molecule has 1 heterocycles. The van der Waals surface area contributed by atoms with Crippen LogP contribution in [0.25, 0.3) is 0 Å². The number of hydrogen-bond acceptors (Lipinski definition) is 4. The summed E-state index contributed by atoms with van der Waals surface area (Å²) in [6.07, 6.45) is 2.83. The van der Waals surface area contributed by atoms with Gasteiger partial charge in [0.25, 0.3) is 0 Å². The molecule has 0 fully saturated rings. The van der Waals surface area contributed by atoms with Crippen molar-refractivity contribution in [2.75, 3.05) is 13.7 Å². The van der Waals surface area contributed by atoms with E-state index >= 15 is 0 Å². The summed E-state index contributed by atoms with van der Waals surface area (Å²) in [7, 11) is 3.29. The molecule has 0 aliphatic rings. The molecule has 2 aromatic rings. The van der Waals surface area contributed by atoms with Crippen molar-refractivity contribution < 1.29 is 9.53 Å². The first-order valence-corrected chi connectivity index (χ1v) is 7.45. The lowest BCUT2D eigenvalue weighted by atomic mass is 10.1. The Morgan fingerprint density at radius 1 is 1.43 bits per heavy atom. The van der Waals surface area contributed by atoms with Gasteiger partial charge in [0, 0.05) is 37.2 Å². The fourth-order valence-corrected chi connectivity index (χ4v) is 2.49. The van der Waals surface area contributed by atoms with E-state index in [2.05, 4.69) is 26.3 Å². The van der Waals surface area contributed by atoms with Gasteiger partial charge in [-0.05, 0) is 23.8 Å². The van der Waals surface area contributed by atoms with Crippen LogP contribution in [-0.4, -0.2) is 29.4 Å². The largest absolute Gasteiger partial charge is 0.465 e. The number of methoxy groups -OCH3 is 1. The average Bonchev–Trinajstić information content (AvgIpc) is 2.89. The third kappa shape index (κ3) is 4.41. The minimum Gasteiger partial charge on any atom is -0.465 e. The summed E-state index contributed by atoms with van der Waals surface area (Å²) in [6.45, 7) is 1.58. The Morgan fingerprint density at radius 2 is 2.24 bits per heavy atom. The SMILES string of the molecule is COC(=O)c1ccc(CNCCc2ccn(C)n2)c(Br)c1. The van der Waals surface area contributed by atoms with Crippen LogP contribution >= 0.6 is 15.9 Å². The molecule has 0 saturated heterocycles. The Hall–Kier alpha value is -1.66. The first kappa shape index (κ1) is 15.7. The normalized spacial score (nSPS) is 10.6. The van der Waals surface area contributed by atoms with Gasteiger partial charge in [-0.1, -0.05) is 22.0 Å². The van der Waals surface area contributed by atoms with E-state index in [1.54, 1.807) is 16.8 Å². The molecule has 0 spiro atoms. The van der Waals surface area contributed by atoms with Crippen molar-refractivity contribution in [3.05, 3.63) is 51.8 Å². The van der Waals surface area contributed by atoms with Gasteiger partial charge in [0.05, 0.1) is 18.4 Å². The van der Waals surface area contributed by atoms with Crippen molar-refractivity contribution in [3.63, 3.8) is 0 Å². The van der Waals surface area contributed by atoms with Crippen molar-refractivity contribution in [3.8, 4) is 0 Å². The van der Waals surface area contributed by atoms with Gasteiger partial charge in [-0.25, -0.2) is 4.79 Å². The monoisotopic (exact) mass is 351 g/mol. The molecule has 1 N–H and O–H groups in total. The first-order valence-electron chi connectivity index (χ1n) is 6.66. The highest BCUT2D eigenvalue weighted by Crippen LogP contribution is 2.19. The molecule has 1 aromatic heterocycles. The number of carbonyl (C=O) groups excluding carboxylic acids is 1. The molecular formula is C15H18BrN3O2. The van der Waals surface area contributed by atoms with Crippen LogP contribution in [0.2, 0.25) is 0 Å². The molecule has 0 bridgehead atoms. The number of aromatic nitrogens is 2. The molecule has 0 aliphatic heterocycles. The molecule has 2 rings (SSSR count). The maximum Gasteiger partial charge on any atom is 0.337 e. The Balaban J connectivity index is 1.84. The summed E-state index contributed by atoms with van der Waals surface area (Å²) in [5, 5.41) is 7.70. The molecule has 21 heavy (non-hydrogen) atoms. The van der Waals surface area contributed by atoms with Crippen LogP contribution in [-0.2, 0) is 24.8 Å². The second-order valence-corrected chi connectivity index (χ2v) is 5.56. The quantitative estimate of drug-likeness (QED) is 0.640. The highest BCUT2D eigenvalue weighted by atomic mass is 79.9. The topological polar surface area (TPSA) is 56.1 Å². The standard InChI is InChI=1S/C15H18BrN3O2/c1-19-8-6-13(18-19)5-7-17-10-12-4-3-11(9-14(12)16)15(20)21-2/h3-4,6,8-9,17H,5,7,10H2,1-2H3. The fourth-order valence-electron chi connectivity index (χ4n) is 1.97. The van der Waals surface area contributed by atoms with Gasteiger partial charge in [0.2, 0.25) is 0 Å². The number of hydrogen-bond donors (Lipinski definition) is 1. The van der Waals surface area contributed by atoms with Gasteiger partial charge in [0.1, 0.15) is 0 Å². The highest BCUT2D eigenvalue weighted by molar-refractivity contribution is 9.10. The maximum absolute atomic E-state index is 11.4. The second kappa shape index (κ2) is 7.38. The molecule has 1 aromatic carbocycles. The van der Waals surface area contributed by atoms with E-state index in [4.69, 9.17) is 4.74 Å². The van der Waals surface area contributed by atoms with Crippen LogP contribution in [0.1, 0.15) is 21.6 Å². The maximum atomic E-state index is 11.4. The summed E-state index contributed by atoms with van der Waals surface area (Å²) >= 11 is 3.48. The molecule has 0 aliphatic carbocycles. The van der Waals surface area contributed by atoms with Crippen LogP contribution < -0.4 is 5.32 Å². The number of halogens is 1. The minimum absolute atomic E-state index is 0.328. The smallest absolute Gasteiger partial charge is 0.337 e. The summed E-state index contributed by atoms with van der Waals surface area (Å²) < 4.78 is 7.40. The molecule has 0 radical (unpaired) electrons. The number of nitrogens with zero attached hydrogens (tertiary/aromatic N) is 2. The van der Waals surface area contributed by atoms with E-state index in [9.17, 15) is 4.79 Å². The zero-order chi connectivity index (χ0) is 15.2. The minimum atomic E-state index is -0.328. The summed E-state index contributed by atoms with van der Waals surface area (Å²) in [5.41, 5.74) is 2.72. The summed E-state index contributed by atoms with van der Waals surface area (Å²) in [5.74, 6) is -0.328. The second-order valence-electron chi connectivity index (χ2n) is 4.71. The number of benzene rings is 1. The lowest BCUT2D eigenvalue weighted by molar-refractivity contribution is 0.0600. The van der Waals surface area contributed by atoms with E-state index in [0.29, 0.717) is 5.56 Å². The van der Waals surface area contributed by atoms with Crippen molar-refractivity contribution in [1.82, 2.24) is 15.1 Å². The molecule has 5 nitrogen and oxygen atoms in total. The van der Waals surface area contributed by atoms with Crippen LogP contribution in [0.5, 0.6) is 0 Å². The number of nitrogens with one attached hydrogen (secondary N) is 1. The number of carbonyl (C=O) groups is 1. The summed E-state index contributed by atoms with van der Waals surface area (Å²) in [6, 6.07) is 7.49. The van der Waals surface area contributed by atoms with Crippen LogP contribution in [0, 0.1) is 0 Å². The molecule has 112 valence electrons. The number of esters is 1. The predicted molar refractivity (Wildman–Crippen MR) is 84.1 cm³/mol. The van der Waals surface area contributed by atoms with Gasteiger partial charge >= 0.3 is 5.97 Å². The van der Waals surface area contributed by atoms with Crippen molar-refractivity contribution in [2.24, 2.45) is 7.05 Å². The van der Waals surface area contributed by atoms with Crippen LogP contribution in [0.15, 0.2) is 34.9 Å². The number of rotatable bonds is 6. The van der Waals surface area contributed by atoms with E-state index in [1.165, 1.54) is 7.11 Å². The van der Waals surface area contributed by atoms with Crippen molar-refractivity contribution >= 4 is 21.9 Å². The Labute approximate surface area is 132 Å². The van der Waals surface area contributed by atoms with Gasteiger partial charge < -0.3 is 10.1 Å². The van der Waals surface area contributed by atoms with Gasteiger partial charge in [-0.2, -0.15) is 5.10 Å². The molecule has 0 saturated carbocycles. The van der Waals surface area contributed by atoms with E-state index in [1.807, 2.05) is 25.4 Å². The summed E-state index contributed by atoms with van der Waals surface area (Å²) in [4.78, 5) is 11.4. The van der Waals surface area contributed by atoms with Gasteiger partial charge in [-0.3, -0.25) is 4.68 Å². The molecule has 0 unspecified atom stereocenters. The van der Waals surface area contributed by atoms with Gasteiger partial charge in [-0.15, -0.1) is 0 Å². The zero-order valence-corrected chi connectivity index (χ0v) is 13.7. The van der Waals surface area contributed by atoms with E-state index in [-0.39, 0.29) is 5.97 Å². The fraction of sp³-hybridized carbons (Fsp3) is 0.333. The molecule has 0 atom stereocenters. The molecular weight excluding hydrogens is 334 g/mol. The van der Waals surface area contributed by atoms with Crippen LogP contribution in [0.4, 0.5) is 0 Å². The zero-order valence-electron chi connectivity index (χ0n) is 12.1. The number of aryl methyl sites for hydroxylation is 1. The van der Waals surface area contributed by atoms with Crippen LogP contribution in [0.3, 0.4) is 0 Å². The predicted octanol–water partition coefficient (Wildman–Crippen LogP) is 2.30. The third-order valence-corrected chi connectivity index (χ3v) is 3.85. The van der Waals surface area contributed by atoms with Gasteiger partial charge in [0.15, 0.2) is 0 Å². The molecule has 0 amide bonds. The lowest BCUT2D eigenvalue weighted by Crippen LogP contribution is -2.17. The Morgan fingerprint density at radius 3 is 2.86 bits per heavy atom. The Bertz CT molecular complexity index is 625. The number of ether oxygens (including phenoxy) is 1. The third-order valence-electron chi connectivity index (χ3n) is 3.12. The van der Waals surface area contributed by atoms with Crippen molar-refractivity contribution in [1.29, 1.82) is 0 Å². The lowest BCUT2D eigenvalue weighted by Gasteiger charge is -2.08. The first-order chi connectivity index (χ1) is 10.1. The highest BCUT2D eigenvalue weighted by Gasteiger charge is 2.08. The van der Waals surface area contributed by atoms with E-state index < -0.39 is 0 Å².